The Hall–Kier alpha value is -0.940. The van der Waals surface area contributed by atoms with Crippen LogP contribution in [-0.4, -0.2) is 48.9 Å². The third-order valence-electron chi connectivity index (χ3n) is 5.17. The maximum absolute atomic E-state index is 11.9. The van der Waals surface area contributed by atoms with Crippen LogP contribution in [0.15, 0.2) is 0 Å². The van der Waals surface area contributed by atoms with Crippen molar-refractivity contribution in [3.8, 4) is 0 Å². The number of carbonyl (C=O) groups excluding carboxylic acids is 2. The topological polar surface area (TPSA) is 61.4 Å². The smallest absolute Gasteiger partial charge is 0.243 e. The molecule has 19 heavy (non-hydrogen) atoms. The molecule has 1 atom stereocenters. The first-order chi connectivity index (χ1) is 9.19. The van der Waals surface area contributed by atoms with E-state index in [9.17, 15) is 9.59 Å². The molecule has 3 fully saturated rings. The number of piperidine rings is 3. The van der Waals surface area contributed by atoms with Crippen LogP contribution in [0.2, 0.25) is 0 Å². The Morgan fingerprint density at radius 2 is 1.74 bits per heavy atom. The number of carbonyl (C=O) groups is 2. The van der Waals surface area contributed by atoms with Crippen LogP contribution in [0.4, 0.5) is 0 Å². The number of nitrogens with zero attached hydrogens (tertiary/aromatic N) is 1. The van der Waals surface area contributed by atoms with E-state index in [-0.39, 0.29) is 17.9 Å². The molecule has 0 aromatic heterocycles. The van der Waals surface area contributed by atoms with Gasteiger partial charge < -0.3 is 5.32 Å². The molecule has 0 aliphatic carbocycles. The summed E-state index contributed by atoms with van der Waals surface area (Å²) in [4.78, 5) is 25.4. The van der Waals surface area contributed by atoms with Gasteiger partial charge in [0.25, 0.3) is 0 Å². The fourth-order valence-electron chi connectivity index (χ4n) is 3.80. The first-order valence-corrected chi connectivity index (χ1v) is 7.47. The van der Waals surface area contributed by atoms with Gasteiger partial charge in [0.05, 0.1) is 6.04 Å². The molecule has 0 bridgehead atoms. The minimum atomic E-state index is -0.118. The maximum atomic E-state index is 11.9. The van der Waals surface area contributed by atoms with Gasteiger partial charge in [-0.05, 0) is 63.7 Å². The van der Waals surface area contributed by atoms with Gasteiger partial charge in [0.1, 0.15) is 0 Å². The van der Waals surface area contributed by atoms with Crippen molar-refractivity contribution < 1.29 is 9.59 Å². The molecule has 5 nitrogen and oxygen atoms in total. The Morgan fingerprint density at radius 1 is 1.05 bits per heavy atom. The summed E-state index contributed by atoms with van der Waals surface area (Å²) >= 11 is 0. The van der Waals surface area contributed by atoms with Gasteiger partial charge in [0.15, 0.2) is 0 Å². The van der Waals surface area contributed by atoms with Crippen LogP contribution in [0.3, 0.4) is 0 Å². The third kappa shape index (κ3) is 2.67. The van der Waals surface area contributed by atoms with Crippen molar-refractivity contribution in [3.63, 3.8) is 0 Å². The summed E-state index contributed by atoms with van der Waals surface area (Å²) in [5.74, 6) is -0.203. The van der Waals surface area contributed by atoms with E-state index in [4.69, 9.17) is 0 Å². The van der Waals surface area contributed by atoms with Crippen LogP contribution in [-0.2, 0) is 9.59 Å². The fourth-order valence-corrected chi connectivity index (χ4v) is 3.80. The lowest BCUT2D eigenvalue weighted by atomic mass is 9.71. The minimum Gasteiger partial charge on any atom is -0.317 e. The zero-order valence-electron chi connectivity index (χ0n) is 11.4. The fraction of sp³-hybridized carbons (Fsp3) is 0.857. The maximum Gasteiger partial charge on any atom is 0.243 e. The number of hydrogen-bond acceptors (Lipinski definition) is 4. The van der Waals surface area contributed by atoms with E-state index in [0.29, 0.717) is 18.3 Å². The first kappa shape index (κ1) is 13.1. The van der Waals surface area contributed by atoms with Crippen molar-refractivity contribution in [3.05, 3.63) is 0 Å². The van der Waals surface area contributed by atoms with E-state index in [1.54, 1.807) is 0 Å². The summed E-state index contributed by atoms with van der Waals surface area (Å²) in [5, 5.41) is 5.90. The van der Waals surface area contributed by atoms with Crippen molar-refractivity contribution in [1.29, 1.82) is 0 Å². The molecule has 1 unspecified atom stereocenters. The van der Waals surface area contributed by atoms with E-state index in [2.05, 4.69) is 15.5 Å². The molecule has 0 aromatic carbocycles. The lowest BCUT2D eigenvalue weighted by Gasteiger charge is -2.46. The molecule has 3 heterocycles. The average molecular weight is 265 g/mol. The van der Waals surface area contributed by atoms with E-state index in [1.165, 1.54) is 25.7 Å². The van der Waals surface area contributed by atoms with Gasteiger partial charge in [0.2, 0.25) is 11.8 Å². The Labute approximate surface area is 114 Å². The number of hydrogen-bond donors (Lipinski definition) is 2. The molecule has 0 saturated carbocycles. The first-order valence-electron chi connectivity index (χ1n) is 7.47. The van der Waals surface area contributed by atoms with Gasteiger partial charge in [-0.3, -0.25) is 19.8 Å². The van der Waals surface area contributed by atoms with Gasteiger partial charge >= 0.3 is 0 Å². The van der Waals surface area contributed by atoms with Gasteiger partial charge in [-0.15, -0.1) is 0 Å². The molecule has 2 N–H and O–H groups in total. The largest absolute Gasteiger partial charge is 0.317 e. The highest BCUT2D eigenvalue weighted by molar-refractivity contribution is 6.00. The normalized spacial score (nSPS) is 32.3. The molecular weight excluding hydrogens is 242 g/mol. The van der Waals surface area contributed by atoms with Crippen molar-refractivity contribution in [2.24, 2.45) is 5.41 Å². The Bertz CT molecular complexity index is 367. The monoisotopic (exact) mass is 265 g/mol. The Morgan fingerprint density at radius 3 is 2.37 bits per heavy atom. The molecule has 2 amide bonds. The minimum absolute atomic E-state index is 0.0724. The zero-order chi connectivity index (χ0) is 13.3. The molecule has 3 saturated heterocycles. The van der Waals surface area contributed by atoms with Crippen LogP contribution < -0.4 is 10.6 Å². The molecule has 5 heteroatoms. The molecule has 106 valence electrons. The molecule has 1 spiro atoms. The third-order valence-corrected chi connectivity index (χ3v) is 5.17. The van der Waals surface area contributed by atoms with Crippen LogP contribution in [0.5, 0.6) is 0 Å². The van der Waals surface area contributed by atoms with Crippen molar-refractivity contribution in [2.45, 2.75) is 44.6 Å². The van der Waals surface area contributed by atoms with Gasteiger partial charge in [0, 0.05) is 6.42 Å². The predicted octanol–water partition coefficient (Wildman–Crippen LogP) is 0.257. The second-order valence-corrected chi connectivity index (χ2v) is 6.25. The molecule has 3 aliphatic heterocycles. The number of amides is 2. The SMILES string of the molecule is O=C1CCC(N2CCC3(CCNCC3)CC2)C(=O)N1. The highest BCUT2D eigenvalue weighted by Crippen LogP contribution is 2.40. The summed E-state index contributed by atoms with van der Waals surface area (Å²) in [6.07, 6.45) is 6.13. The molecule has 3 rings (SSSR count). The van der Waals surface area contributed by atoms with Crippen molar-refractivity contribution >= 4 is 11.8 Å². The quantitative estimate of drug-likeness (QED) is 0.668. The van der Waals surface area contributed by atoms with Crippen molar-refractivity contribution in [2.75, 3.05) is 26.2 Å². The lowest BCUT2D eigenvalue weighted by molar-refractivity contribution is -0.138. The van der Waals surface area contributed by atoms with Crippen LogP contribution >= 0.6 is 0 Å². The number of rotatable bonds is 1. The summed E-state index contributed by atoms with van der Waals surface area (Å²) in [5.41, 5.74) is 0.517. The second-order valence-electron chi connectivity index (χ2n) is 6.25. The number of imide groups is 1. The van der Waals surface area contributed by atoms with Crippen LogP contribution in [0, 0.1) is 5.41 Å². The van der Waals surface area contributed by atoms with E-state index in [1.807, 2.05) is 0 Å². The Kier molecular flexibility index (Phi) is 3.58. The van der Waals surface area contributed by atoms with Gasteiger partial charge in [-0.25, -0.2) is 0 Å². The van der Waals surface area contributed by atoms with Crippen LogP contribution in [0.25, 0.3) is 0 Å². The highest BCUT2D eigenvalue weighted by atomic mass is 16.2. The van der Waals surface area contributed by atoms with E-state index < -0.39 is 0 Å². The van der Waals surface area contributed by atoms with E-state index >= 15 is 0 Å². The summed E-state index contributed by atoms with van der Waals surface area (Å²) in [6, 6.07) is -0.0724. The molecule has 0 radical (unpaired) electrons. The summed E-state index contributed by atoms with van der Waals surface area (Å²) < 4.78 is 0. The van der Waals surface area contributed by atoms with Gasteiger partial charge in [-0.2, -0.15) is 0 Å². The molecular formula is C14H23N3O2. The summed E-state index contributed by atoms with van der Waals surface area (Å²) in [6.45, 7) is 4.29. The standard InChI is InChI=1S/C14H23N3O2/c18-12-2-1-11(13(19)16-12)17-9-5-14(6-10-17)3-7-15-8-4-14/h11,15H,1-10H2,(H,16,18,19). The highest BCUT2D eigenvalue weighted by Gasteiger charge is 2.39. The van der Waals surface area contributed by atoms with E-state index in [0.717, 1.165) is 26.2 Å². The molecule has 3 aliphatic rings. The number of likely N-dealkylation sites (tertiary alicyclic amines) is 1. The average Bonchev–Trinajstić information content (AvgIpc) is 2.41. The van der Waals surface area contributed by atoms with Crippen molar-refractivity contribution in [1.82, 2.24) is 15.5 Å². The molecule has 0 aromatic rings. The van der Waals surface area contributed by atoms with Crippen LogP contribution in [0.1, 0.15) is 38.5 Å². The Balaban J connectivity index is 1.57. The van der Waals surface area contributed by atoms with Gasteiger partial charge in [-0.1, -0.05) is 0 Å². The summed E-state index contributed by atoms with van der Waals surface area (Å²) in [7, 11) is 0. The zero-order valence-corrected chi connectivity index (χ0v) is 11.4. The lowest BCUT2D eigenvalue weighted by Crippen LogP contribution is -2.56. The second kappa shape index (κ2) is 5.21. The predicted molar refractivity (Wildman–Crippen MR) is 71.5 cm³/mol. The number of nitrogens with one attached hydrogen (secondary N) is 2.